The second-order valence-electron chi connectivity index (χ2n) is 5.37. The first-order valence-corrected chi connectivity index (χ1v) is 6.49. The lowest BCUT2D eigenvalue weighted by atomic mass is 9.64. The zero-order valence-corrected chi connectivity index (χ0v) is 9.41. The number of rotatable bonds is 2. The Kier molecular flexibility index (Phi) is 3.48. The molecule has 2 saturated carbocycles. The van der Waals surface area contributed by atoms with E-state index in [0.717, 1.165) is 30.6 Å². The Bertz CT molecular complexity index is 169. The number of aliphatic hydroxyl groups is 1. The van der Waals surface area contributed by atoms with Crippen molar-refractivity contribution in [3.8, 4) is 0 Å². The van der Waals surface area contributed by atoms with E-state index in [-0.39, 0.29) is 6.10 Å². The molecule has 2 fully saturated rings. The van der Waals surface area contributed by atoms with Gasteiger partial charge in [0.2, 0.25) is 0 Å². The summed E-state index contributed by atoms with van der Waals surface area (Å²) in [5.74, 6) is 2.82. The van der Waals surface area contributed by atoms with Crippen molar-refractivity contribution in [3.05, 3.63) is 0 Å². The van der Waals surface area contributed by atoms with Gasteiger partial charge in [-0.15, -0.1) is 0 Å². The minimum atomic E-state index is 0.0247. The molecule has 14 heavy (non-hydrogen) atoms. The Morgan fingerprint density at radius 3 is 2.79 bits per heavy atom. The largest absolute Gasteiger partial charge is 0.393 e. The third-order valence-corrected chi connectivity index (χ3v) is 4.43. The van der Waals surface area contributed by atoms with Crippen LogP contribution in [-0.2, 0) is 0 Å². The molecule has 0 bridgehead atoms. The normalized spacial score (nSPS) is 43.3. The van der Waals surface area contributed by atoms with Crippen LogP contribution in [0, 0.1) is 17.8 Å². The molecule has 0 aromatic heterocycles. The van der Waals surface area contributed by atoms with Crippen molar-refractivity contribution in [2.75, 3.05) is 0 Å². The quantitative estimate of drug-likeness (QED) is 0.718. The Morgan fingerprint density at radius 2 is 2.00 bits per heavy atom. The molecule has 0 aromatic rings. The molecule has 0 radical (unpaired) electrons. The lowest BCUT2D eigenvalue weighted by Crippen LogP contribution is -2.35. The third-order valence-electron chi connectivity index (χ3n) is 4.43. The van der Waals surface area contributed by atoms with Crippen LogP contribution in [0.2, 0.25) is 0 Å². The predicted molar refractivity (Wildman–Crippen MR) is 59.1 cm³/mol. The average molecular weight is 196 g/mol. The summed E-state index contributed by atoms with van der Waals surface area (Å²) >= 11 is 0. The van der Waals surface area contributed by atoms with E-state index in [4.69, 9.17) is 0 Å². The zero-order chi connectivity index (χ0) is 9.97. The highest BCUT2D eigenvalue weighted by Gasteiger charge is 2.36. The van der Waals surface area contributed by atoms with E-state index in [1.54, 1.807) is 0 Å². The fourth-order valence-corrected chi connectivity index (χ4v) is 3.80. The highest BCUT2D eigenvalue weighted by molar-refractivity contribution is 4.87. The van der Waals surface area contributed by atoms with Gasteiger partial charge in [-0.3, -0.25) is 0 Å². The van der Waals surface area contributed by atoms with Gasteiger partial charge < -0.3 is 5.11 Å². The van der Waals surface area contributed by atoms with Crippen LogP contribution in [0.4, 0.5) is 0 Å². The highest BCUT2D eigenvalue weighted by atomic mass is 16.3. The Hall–Kier alpha value is -0.0400. The Balaban J connectivity index is 1.95. The number of hydrogen-bond acceptors (Lipinski definition) is 1. The summed E-state index contributed by atoms with van der Waals surface area (Å²) in [6.45, 7) is 2.31. The summed E-state index contributed by atoms with van der Waals surface area (Å²) in [7, 11) is 0. The van der Waals surface area contributed by atoms with E-state index < -0.39 is 0 Å². The molecule has 82 valence electrons. The minimum Gasteiger partial charge on any atom is -0.393 e. The molecule has 0 heterocycles. The molecule has 2 rings (SSSR count). The first-order valence-electron chi connectivity index (χ1n) is 6.49. The smallest absolute Gasteiger partial charge is 0.0543 e. The molecule has 0 spiro atoms. The third kappa shape index (κ3) is 2.13. The maximum absolute atomic E-state index is 9.66. The summed E-state index contributed by atoms with van der Waals surface area (Å²) in [6.07, 6.45) is 10.5. The fraction of sp³-hybridized carbons (Fsp3) is 1.00. The van der Waals surface area contributed by atoms with Crippen LogP contribution in [0.1, 0.15) is 58.3 Å². The molecular weight excluding hydrogens is 172 g/mol. The molecule has 1 heteroatoms. The first kappa shape index (κ1) is 10.5. The van der Waals surface area contributed by atoms with Crippen LogP contribution < -0.4 is 0 Å². The van der Waals surface area contributed by atoms with E-state index in [1.165, 1.54) is 38.5 Å². The van der Waals surface area contributed by atoms with Gasteiger partial charge in [-0.2, -0.15) is 0 Å². The molecule has 4 unspecified atom stereocenters. The summed E-state index contributed by atoms with van der Waals surface area (Å²) in [6, 6.07) is 0. The van der Waals surface area contributed by atoms with Gasteiger partial charge >= 0.3 is 0 Å². The first-order chi connectivity index (χ1) is 6.81. The van der Waals surface area contributed by atoms with Crippen molar-refractivity contribution in [2.24, 2.45) is 17.8 Å². The number of aliphatic hydroxyl groups excluding tert-OH is 1. The molecule has 0 amide bonds. The van der Waals surface area contributed by atoms with Gasteiger partial charge in [0, 0.05) is 0 Å². The monoisotopic (exact) mass is 196 g/mol. The van der Waals surface area contributed by atoms with Crippen LogP contribution in [0.15, 0.2) is 0 Å². The van der Waals surface area contributed by atoms with Gasteiger partial charge in [0.25, 0.3) is 0 Å². The SMILES string of the molecule is CCCC1CCCC2CC(O)CCC12. The second-order valence-corrected chi connectivity index (χ2v) is 5.37. The van der Waals surface area contributed by atoms with E-state index in [2.05, 4.69) is 6.92 Å². The molecule has 0 saturated heterocycles. The molecular formula is C13H24O. The standard InChI is InChI=1S/C13H24O/c1-2-4-10-5-3-6-11-9-12(14)7-8-13(10)11/h10-14H,2-9H2,1H3. The second kappa shape index (κ2) is 4.65. The molecule has 0 aromatic carbocycles. The van der Waals surface area contributed by atoms with Gasteiger partial charge in [0.05, 0.1) is 6.10 Å². The number of hydrogen-bond donors (Lipinski definition) is 1. The van der Waals surface area contributed by atoms with Crippen LogP contribution in [0.25, 0.3) is 0 Å². The maximum atomic E-state index is 9.66. The minimum absolute atomic E-state index is 0.0247. The van der Waals surface area contributed by atoms with Gasteiger partial charge in [0.15, 0.2) is 0 Å². The molecule has 1 nitrogen and oxygen atoms in total. The summed E-state index contributed by atoms with van der Waals surface area (Å²) in [5.41, 5.74) is 0. The van der Waals surface area contributed by atoms with E-state index in [9.17, 15) is 5.11 Å². The molecule has 1 N–H and O–H groups in total. The summed E-state index contributed by atoms with van der Waals surface area (Å²) < 4.78 is 0. The van der Waals surface area contributed by atoms with Gasteiger partial charge in [-0.05, 0) is 37.0 Å². The van der Waals surface area contributed by atoms with Crippen molar-refractivity contribution in [1.29, 1.82) is 0 Å². The number of fused-ring (bicyclic) bond motifs is 1. The van der Waals surface area contributed by atoms with Gasteiger partial charge in [-0.25, -0.2) is 0 Å². The highest BCUT2D eigenvalue weighted by Crippen LogP contribution is 2.45. The Labute approximate surface area is 87.9 Å². The Morgan fingerprint density at radius 1 is 1.14 bits per heavy atom. The van der Waals surface area contributed by atoms with E-state index in [0.29, 0.717) is 0 Å². The van der Waals surface area contributed by atoms with Crippen LogP contribution in [-0.4, -0.2) is 11.2 Å². The summed E-state index contributed by atoms with van der Waals surface area (Å²) in [5, 5.41) is 9.66. The maximum Gasteiger partial charge on any atom is 0.0543 e. The van der Waals surface area contributed by atoms with E-state index >= 15 is 0 Å². The van der Waals surface area contributed by atoms with Crippen molar-refractivity contribution in [1.82, 2.24) is 0 Å². The molecule has 4 atom stereocenters. The average Bonchev–Trinajstić information content (AvgIpc) is 2.18. The van der Waals surface area contributed by atoms with Crippen LogP contribution >= 0.6 is 0 Å². The summed E-state index contributed by atoms with van der Waals surface area (Å²) in [4.78, 5) is 0. The van der Waals surface area contributed by atoms with Crippen molar-refractivity contribution >= 4 is 0 Å². The zero-order valence-electron chi connectivity index (χ0n) is 9.41. The van der Waals surface area contributed by atoms with Crippen LogP contribution in [0.3, 0.4) is 0 Å². The van der Waals surface area contributed by atoms with Gasteiger partial charge in [0.1, 0.15) is 0 Å². The fourth-order valence-electron chi connectivity index (χ4n) is 3.80. The molecule has 0 aliphatic heterocycles. The topological polar surface area (TPSA) is 20.2 Å². The predicted octanol–water partition coefficient (Wildman–Crippen LogP) is 3.36. The van der Waals surface area contributed by atoms with Crippen molar-refractivity contribution < 1.29 is 5.11 Å². The van der Waals surface area contributed by atoms with Gasteiger partial charge in [-0.1, -0.05) is 39.0 Å². The lowest BCUT2D eigenvalue weighted by molar-refractivity contribution is 0.0190. The molecule has 2 aliphatic carbocycles. The van der Waals surface area contributed by atoms with E-state index in [1.807, 2.05) is 0 Å². The van der Waals surface area contributed by atoms with Crippen molar-refractivity contribution in [3.63, 3.8) is 0 Å². The molecule has 2 aliphatic rings. The van der Waals surface area contributed by atoms with Crippen LogP contribution in [0.5, 0.6) is 0 Å². The lowest BCUT2D eigenvalue weighted by Gasteiger charge is -2.43. The van der Waals surface area contributed by atoms with Crippen molar-refractivity contribution in [2.45, 2.75) is 64.4 Å².